The second-order valence-electron chi connectivity index (χ2n) is 14.1. The molecule has 226 valence electrons. The van der Waals surface area contributed by atoms with Crippen LogP contribution in [0.1, 0.15) is 75.0 Å². The molecule has 0 atom stereocenters. The van der Waals surface area contributed by atoms with Crippen LogP contribution >= 0.6 is 45.3 Å². The molecule has 0 fully saturated rings. The van der Waals surface area contributed by atoms with Crippen LogP contribution in [0.4, 0.5) is 0 Å². The number of fused-ring (bicyclic) bond motifs is 2. The van der Waals surface area contributed by atoms with Crippen LogP contribution in [0.5, 0.6) is 0 Å². The summed E-state index contributed by atoms with van der Waals surface area (Å²) in [4.78, 5) is 21.7. The molecule has 0 unspecified atom stereocenters. The van der Waals surface area contributed by atoms with Crippen LogP contribution in [0, 0.1) is 0 Å². The second kappa shape index (κ2) is 14.3. The zero-order valence-electron chi connectivity index (χ0n) is 27.2. The SMILES string of the molecule is CCCCCCc1ccc(-c2c3c[c]([Sn]([CH3])([CH3])[CH3])sc3c(-c3ccc(CCCCCC)s3)c3c[c]([Sn]([CH3])([CH3])[CH3])sc23)s1. The molecule has 0 nitrogen and oxygen atoms in total. The van der Waals surface area contributed by atoms with Crippen molar-refractivity contribution in [1.82, 2.24) is 0 Å². The van der Waals surface area contributed by atoms with E-state index in [1.165, 1.54) is 74.0 Å². The zero-order chi connectivity index (χ0) is 30.1. The molecule has 0 N–H and O–H groups in total. The molecule has 4 aromatic heterocycles. The maximum atomic E-state index is 2.66. The molecule has 0 aliphatic heterocycles. The van der Waals surface area contributed by atoms with Gasteiger partial charge in [-0.05, 0) is 0 Å². The Labute approximate surface area is 279 Å². The molecule has 0 aliphatic carbocycles. The Kier molecular flexibility index (Phi) is 11.4. The normalized spacial score (nSPS) is 12.8. The fraction of sp³-hybridized carbons (Fsp3) is 0.500. The van der Waals surface area contributed by atoms with Gasteiger partial charge < -0.3 is 0 Å². The van der Waals surface area contributed by atoms with Crippen LogP contribution < -0.4 is 5.79 Å². The standard InChI is InChI=1S/C30H32S4.6CH3.2Sn/c1-3-5-7-9-11-21-13-15-25(33-21)27-23-17-19-32-30(23)28(24-18-20-31-29(24)27)26-16-14-22(34-26)12-10-8-6-4-2;;;;;;;;/h13-18H,3-12H2,1-2H3;6*1H3;;. The number of aryl methyl sites for hydroxylation is 2. The summed E-state index contributed by atoms with van der Waals surface area (Å²) in [6.07, 6.45) is 13.1. The number of benzene rings is 1. The van der Waals surface area contributed by atoms with E-state index in [-0.39, 0.29) is 0 Å². The Hall–Kier alpha value is 0.137. The zero-order valence-corrected chi connectivity index (χ0v) is 36.1. The summed E-state index contributed by atoms with van der Waals surface area (Å²) in [6, 6.07) is 15.1. The number of hydrogen-bond donors (Lipinski definition) is 0. The summed E-state index contributed by atoms with van der Waals surface area (Å²) in [6.45, 7) is 4.62. The average Bonchev–Trinajstić information content (AvgIpc) is 3.73. The van der Waals surface area contributed by atoms with Crippen molar-refractivity contribution in [3.8, 4) is 20.9 Å². The molecule has 1 aromatic carbocycles. The average molecular weight is 848 g/mol. The van der Waals surface area contributed by atoms with Gasteiger partial charge in [0.05, 0.1) is 0 Å². The first-order chi connectivity index (χ1) is 20.0. The first kappa shape index (κ1) is 33.5. The van der Waals surface area contributed by atoms with E-state index in [0.717, 1.165) is 0 Å². The second-order valence-corrected chi connectivity index (χ2v) is 49.4. The molecule has 4 heterocycles. The Balaban J connectivity index is 1.71. The maximum absolute atomic E-state index is 2.66. The van der Waals surface area contributed by atoms with E-state index in [1.54, 1.807) is 46.8 Å². The molecule has 0 amide bonds. The Morgan fingerprint density at radius 1 is 0.500 bits per heavy atom. The topological polar surface area (TPSA) is 0 Å². The van der Waals surface area contributed by atoms with Crippen LogP contribution in [0.25, 0.3) is 41.1 Å². The number of thiophene rings is 4. The monoisotopic (exact) mass is 850 g/mol. The van der Waals surface area contributed by atoms with Gasteiger partial charge in [-0.2, -0.15) is 0 Å². The van der Waals surface area contributed by atoms with E-state index < -0.39 is 36.8 Å². The van der Waals surface area contributed by atoms with E-state index in [0.29, 0.717) is 0 Å². The fourth-order valence-electron chi connectivity index (χ4n) is 5.74. The Morgan fingerprint density at radius 2 is 0.905 bits per heavy atom. The quantitative estimate of drug-likeness (QED) is 0.0771. The molecule has 0 saturated heterocycles. The van der Waals surface area contributed by atoms with Gasteiger partial charge in [0, 0.05) is 0 Å². The molecular formula is C36H50S4Sn2. The van der Waals surface area contributed by atoms with Gasteiger partial charge in [0.25, 0.3) is 0 Å². The van der Waals surface area contributed by atoms with Crippen molar-refractivity contribution in [2.24, 2.45) is 0 Å². The van der Waals surface area contributed by atoms with Crippen molar-refractivity contribution in [1.29, 1.82) is 0 Å². The molecular weight excluding hydrogens is 798 g/mol. The molecule has 6 heteroatoms. The van der Waals surface area contributed by atoms with Crippen molar-refractivity contribution in [3.63, 3.8) is 0 Å². The van der Waals surface area contributed by atoms with Crippen molar-refractivity contribution in [3.05, 3.63) is 46.2 Å². The number of hydrogen-bond acceptors (Lipinski definition) is 4. The van der Waals surface area contributed by atoms with Gasteiger partial charge in [0.2, 0.25) is 0 Å². The molecule has 0 bridgehead atoms. The van der Waals surface area contributed by atoms with Crippen molar-refractivity contribution >= 4 is 108 Å². The summed E-state index contributed by atoms with van der Waals surface area (Å²) in [5.74, 6) is 0. The van der Waals surface area contributed by atoms with E-state index >= 15 is 0 Å². The summed E-state index contributed by atoms with van der Waals surface area (Å²) in [5, 5.41) is 3.08. The molecule has 0 spiro atoms. The Bertz CT molecular complexity index is 1460. The van der Waals surface area contributed by atoms with E-state index in [4.69, 9.17) is 0 Å². The summed E-state index contributed by atoms with van der Waals surface area (Å²) >= 11 is 3.89. The van der Waals surface area contributed by atoms with Crippen LogP contribution in [-0.2, 0) is 12.8 Å². The van der Waals surface area contributed by atoms with Gasteiger partial charge in [0.1, 0.15) is 0 Å². The molecule has 0 saturated carbocycles. The summed E-state index contributed by atoms with van der Waals surface area (Å²) in [5.41, 5.74) is 3.10. The minimum absolute atomic E-state index is 1.23. The number of unbranched alkanes of at least 4 members (excludes halogenated alkanes) is 6. The van der Waals surface area contributed by atoms with Gasteiger partial charge in [-0.1, -0.05) is 13.8 Å². The molecule has 0 radical (unpaired) electrons. The summed E-state index contributed by atoms with van der Waals surface area (Å²) in [7, 11) is 0. The third-order valence-corrected chi connectivity index (χ3v) is 31.8. The van der Waals surface area contributed by atoms with E-state index in [2.05, 4.69) is 125 Å². The van der Waals surface area contributed by atoms with Gasteiger partial charge in [-0.3, -0.25) is 0 Å². The van der Waals surface area contributed by atoms with Crippen molar-refractivity contribution < 1.29 is 0 Å². The van der Waals surface area contributed by atoms with Crippen LogP contribution in [0.15, 0.2) is 36.4 Å². The number of rotatable bonds is 14. The predicted octanol–water partition coefficient (Wildman–Crippen LogP) is 12.9. The first-order valence-corrected chi connectivity index (χ1v) is 39.5. The molecule has 0 aliphatic rings. The Morgan fingerprint density at radius 3 is 1.26 bits per heavy atom. The first-order valence-electron chi connectivity index (χ1n) is 16.2. The van der Waals surface area contributed by atoms with Gasteiger partial charge in [-0.25, -0.2) is 0 Å². The van der Waals surface area contributed by atoms with Crippen LogP contribution in [0.2, 0.25) is 29.6 Å². The van der Waals surface area contributed by atoms with Gasteiger partial charge in [-0.15, -0.1) is 0 Å². The minimum atomic E-state index is -2.28. The van der Waals surface area contributed by atoms with Crippen LogP contribution in [-0.4, -0.2) is 36.8 Å². The van der Waals surface area contributed by atoms with E-state index in [1.807, 2.05) is 0 Å². The van der Waals surface area contributed by atoms with E-state index in [9.17, 15) is 0 Å². The van der Waals surface area contributed by atoms with Crippen LogP contribution in [0.3, 0.4) is 0 Å². The molecule has 5 rings (SSSR count). The molecule has 42 heavy (non-hydrogen) atoms. The van der Waals surface area contributed by atoms with Gasteiger partial charge >= 0.3 is 269 Å². The third-order valence-electron chi connectivity index (χ3n) is 8.30. The summed E-state index contributed by atoms with van der Waals surface area (Å²) < 4.78 is 6.54. The van der Waals surface area contributed by atoms with Crippen molar-refractivity contribution in [2.75, 3.05) is 0 Å². The van der Waals surface area contributed by atoms with Crippen molar-refractivity contribution in [2.45, 2.75) is 108 Å². The predicted molar refractivity (Wildman–Crippen MR) is 205 cm³/mol. The third kappa shape index (κ3) is 7.57. The van der Waals surface area contributed by atoms with Gasteiger partial charge in [0.15, 0.2) is 0 Å². The molecule has 5 aromatic rings. The fourth-order valence-corrected chi connectivity index (χ4v) is 21.0.